The van der Waals surface area contributed by atoms with Gasteiger partial charge in [0, 0.05) is 13.0 Å². The number of rotatable bonds is 15. The SMILES string of the molecule is NC(=O)CC(NC(=O)CCC(=O)O)C(=O)NCC(=O)NC(CCCN=C(N)N)C(N)=O. The Bertz CT molecular complexity index is 721. The second-order valence-corrected chi connectivity index (χ2v) is 6.37. The van der Waals surface area contributed by atoms with E-state index in [4.69, 9.17) is 28.0 Å². The van der Waals surface area contributed by atoms with Crippen molar-refractivity contribution < 1.29 is 33.9 Å². The van der Waals surface area contributed by atoms with E-state index in [9.17, 15) is 28.8 Å². The van der Waals surface area contributed by atoms with Crippen LogP contribution in [0.25, 0.3) is 0 Å². The molecule has 0 saturated heterocycles. The third-order valence-electron chi connectivity index (χ3n) is 3.67. The maximum Gasteiger partial charge on any atom is 0.303 e. The summed E-state index contributed by atoms with van der Waals surface area (Å²) in [5.74, 6) is -5.50. The van der Waals surface area contributed by atoms with Crippen molar-refractivity contribution in [1.82, 2.24) is 16.0 Å². The van der Waals surface area contributed by atoms with E-state index >= 15 is 0 Å². The molecule has 0 aliphatic heterocycles. The number of nitrogens with two attached hydrogens (primary N) is 4. The number of nitrogens with zero attached hydrogens (tertiary/aromatic N) is 1. The van der Waals surface area contributed by atoms with Crippen LogP contribution in [0, 0.1) is 0 Å². The standard InChI is InChI=1S/C16H28N8O7/c17-10(25)6-9(24-11(26)3-4-13(28)29)15(31)22-7-12(27)23-8(14(18)30)2-1-5-21-16(19)20/h8-9H,1-7H2,(H2,17,25)(H2,18,30)(H,22,31)(H,23,27)(H,24,26)(H,28,29)(H4,19,20,21). The maximum absolute atomic E-state index is 12.2. The zero-order valence-corrected chi connectivity index (χ0v) is 16.8. The largest absolute Gasteiger partial charge is 0.481 e. The average molecular weight is 444 g/mol. The summed E-state index contributed by atoms with van der Waals surface area (Å²) in [5, 5.41) is 15.3. The van der Waals surface area contributed by atoms with Crippen molar-refractivity contribution in [3.8, 4) is 0 Å². The fourth-order valence-corrected chi connectivity index (χ4v) is 2.22. The first kappa shape index (κ1) is 27.1. The highest BCUT2D eigenvalue weighted by Gasteiger charge is 2.24. The summed E-state index contributed by atoms with van der Waals surface area (Å²) in [5.41, 5.74) is 20.6. The van der Waals surface area contributed by atoms with Crippen molar-refractivity contribution >= 4 is 41.5 Å². The van der Waals surface area contributed by atoms with E-state index in [1.54, 1.807) is 0 Å². The molecule has 15 heteroatoms. The molecule has 174 valence electrons. The highest BCUT2D eigenvalue weighted by atomic mass is 16.4. The second kappa shape index (κ2) is 14.1. The molecular formula is C16H28N8O7. The van der Waals surface area contributed by atoms with Crippen LogP contribution in [0.5, 0.6) is 0 Å². The van der Waals surface area contributed by atoms with Gasteiger partial charge in [0.1, 0.15) is 12.1 Å². The van der Waals surface area contributed by atoms with E-state index < -0.39 is 73.4 Å². The maximum atomic E-state index is 12.2. The third-order valence-corrected chi connectivity index (χ3v) is 3.67. The number of aliphatic carboxylic acids is 1. The van der Waals surface area contributed by atoms with Gasteiger partial charge in [0.2, 0.25) is 29.5 Å². The molecule has 0 rings (SSSR count). The highest BCUT2D eigenvalue weighted by molar-refractivity contribution is 5.94. The Labute approximate surface area is 177 Å². The van der Waals surface area contributed by atoms with Crippen molar-refractivity contribution in [2.75, 3.05) is 13.1 Å². The van der Waals surface area contributed by atoms with Gasteiger partial charge in [0.25, 0.3) is 0 Å². The van der Waals surface area contributed by atoms with E-state index in [0.29, 0.717) is 6.42 Å². The molecule has 2 atom stereocenters. The lowest BCUT2D eigenvalue weighted by molar-refractivity contribution is -0.139. The molecule has 0 aromatic carbocycles. The minimum absolute atomic E-state index is 0.122. The zero-order valence-electron chi connectivity index (χ0n) is 16.8. The van der Waals surface area contributed by atoms with E-state index in [1.807, 2.05) is 0 Å². The van der Waals surface area contributed by atoms with Gasteiger partial charge in [-0.15, -0.1) is 0 Å². The van der Waals surface area contributed by atoms with Gasteiger partial charge in [-0.2, -0.15) is 0 Å². The number of primary amides is 2. The molecule has 0 saturated carbocycles. The number of carbonyl (C=O) groups is 6. The van der Waals surface area contributed by atoms with E-state index in [-0.39, 0.29) is 18.9 Å². The number of nitrogens with one attached hydrogen (secondary N) is 3. The molecule has 0 aromatic rings. The second-order valence-electron chi connectivity index (χ2n) is 6.37. The molecule has 2 unspecified atom stereocenters. The molecule has 0 heterocycles. The lowest BCUT2D eigenvalue weighted by Crippen LogP contribution is -2.52. The zero-order chi connectivity index (χ0) is 24.0. The minimum atomic E-state index is -1.40. The normalized spacial score (nSPS) is 12.0. The van der Waals surface area contributed by atoms with Gasteiger partial charge < -0.3 is 44.0 Å². The fraction of sp³-hybridized carbons (Fsp3) is 0.562. The molecule has 15 nitrogen and oxygen atoms in total. The predicted octanol–water partition coefficient (Wildman–Crippen LogP) is -4.65. The van der Waals surface area contributed by atoms with Crippen LogP contribution in [0.3, 0.4) is 0 Å². The first-order valence-corrected chi connectivity index (χ1v) is 9.13. The van der Waals surface area contributed by atoms with Gasteiger partial charge in [-0.3, -0.25) is 33.8 Å². The number of hydrogen-bond acceptors (Lipinski definition) is 7. The Morgan fingerprint density at radius 3 is 2.00 bits per heavy atom. The van der Waals surface area contributed by atoms with Crippen LogP contribution >= 0.6 is 0 Å². The Kier molecular flexibility index (Phi) is 12.4. The Hall–Kier alpha value is -3.91. The van der Waals surface area contributed by atoms with Crippen molar-refractivity contribution in [2.24, 2.45) is 27.9 Å². The van der Waals surface area contributed by atoms with Gasteiger partial charge in [0.15, 0.2) is 5.96 Å². The number of guanidine groups is 1. The fourth-order valence-electron chi connectivity index (χ4n) is 2.22. The van der Waals surface area contributed by atoms with Gasteiger partial charge in [-0.05, 0) is 12.8 Å². The van der Waals surface area contributed by atoms with Crippen LogP contribution in [0.4, 0.5) is 0 Å². The van der Waals surface area contributed by atoms with Crippen molar-refractivity contribution in [3.05, 3.63) is 0 Å². The number of amides is 5. The number of carbonyl (C=O) groups excluding carboxylic acids is 5. The van der Waals surface area contributed by atoms with Crippen molar-refractivity contribution in [3.63, 3.8) is 0 Å². The average Bonchev–Trinajstić information content (AvgIpc) is 2.65. The molecule has 0 aromatic heterocycles. The number of hydrogen-bond donors (Lipinski definition) is 8. The molecule has 12 N–H and O–H groups in total. The van der Waals surface area contributed by atoms with Gasteiger partial charge >= 0.3 is 5.97 Å². The first-order valence-electron chi connectivity index (χ1n) is 9.13. The number of carboxylic acid groups (broad SMARTS) is 1. The smallest absolute Gasteiger partial charge is 0.303 e. The monoisotopic (exact) mass is 444 g/mol. The van der Waals surface area contributed by atoms with E-state index in [1.165, 1.54) is 0 Å². The van der Waals surface area contributed by atoms with Crippen LogP contribution in [-0.4, -0.2) is 71.7 Å². The lowest BCUT2D eigenvalue weighted by atomic mass is 10.1. The Morgan fingerprint density at radius 1 is 0.871 bits per heavy atom. The van der Waals surface area contributed by atoms with Gasteiger partial charge in [0.05, 0.1) is 19.4 Å². The molecule has 0 bridgehead atoms. The third kappa shape index (κ3) is 13.8. The number of carboxylic acids is 1. The van der Waals surface area contributed by atoms with Crippen LogP contribution < -0.4 is 38.9 Å². The van der Waals surface area contributed by atoms with Gasteiger partial charge in [-0.25, -0.2) is 0 Å². The quantitative estimate of drug-likeness (QED) is 0.0683. The molecule has 31 heavy (non-hydrogen) atoms. The molecular weight excluding hydrogens is 416 g/mol. The summed E-state index contributed by atoms with van der Waals surface area (Å²) in [6, 6.07) is -2.44. The molecule has 5 amide bonds. The summed E-state index contributed by atoms with van der Waals surface area (Å²) >= 11 is 0. The van der Waals surface area contributed by atoms with E-state index in [0.717, 1.165) is 0 Å². The summed E-state index contributed by atoms with van der Waals surface area (Å²) in [7, 11) is 0. The topological polar surface area (TPSA) is 275 Å². The van der Waals surface area contributed by atoms with Gasteiger partial charge in [-0.1, -0.05) is 0 Å². The Morgan fingerprint density at radius 2 is 1.48 bits per heavy atom. The molecule has 0 fully saturated rings. The summed E-state index contributed by atoms with van der Waals surface area (Å²) in [6.07, 6.45) is -0.965. The summed E-state index contributed by atoms with van der Waals surface area (Å²) in [4.78, 5) is 72.7. The molecule has 0 aliphatic rings. The van der Waals surface area contributed by atoms with Crippen LogP contribution in [0.15, 0.2) is 4.99 Å². The van der Waals surface area contributed by atoms with E-state index in [2.05, 4.69) is 20.9 Å². The van der Waals surface area contributed by atoms with Crippen LogP contribution in [-0.2, 0) is 28.8 Å². The van der Waals surface area contributed by atoms with Crippen LogP contribution in [0.2, 0.25) is 0 Å². The first-order chi connectivity index (χ1) is 14.4. The minimum Gasteiger partial charge on any atom is -0.481 e. The predicted molar refractivity (Wildman–Crippen MR) is 107 cm³/mol. The van der Waals surface area contributed by atoms with Crippen LogP contribution in [0.1, 0.15) is 32.1 Å². The summed E-state index contributed by atoms with van der Waals surface area (Å²) < 4.78 is 0. The van der Waals surface area contributed by atoms with Crippen molar-refractivity contribution in [1.29, 1.82) is 0 Å². The highest BCUT2D eigenvalue weighted by Crippen LogP contribution is 1.98. The van der Waals surface area contributed by atoms with Crippen molar-refractivity contribution in [2.45, 2.75) is 44.2 Å². The lowest BCUT2D eigenvalue weighted by Gasteiger charge is -2.18. The number of aliphatic imine (C=N–C) groups is 1. The summed E-state index contributed by atoms with van der Waals surface area (Å²) in [6.45, 7) is -0.369. The molecule has 0 aliphatic carbocycles. The molecule has 0 spiro atoms. The molecule has 0 radical (unpaired) electrons. The Balaban J connectivity index is 4.71.